The van der Waals surface area contributed by atoms with E-state index in [1.165, 1.54) is 22.3 Å². The summed E-state index contributed by atoms with van der Waals surface area (Å²) in [6, 6.07) is 6.56. The minimum atomic E-state index is 0.143. The van der Waals surface area contributed by atoms with E-state index in [1.54, 1.807) is 24.6 Å². The van der Waals surface area contributed by atoms with Crippen LogP contribution in [0.4, 0.5) is 5.82 Å². The van der Waals surface area contributed by atoms with Gasteiger partial charge in [0.25, 0.3) is 0 Å². The number of fused-ring (bicyclic) bond motifs is 1. The molecule has 1 aliphatic heterocycles. The second-order valence-electron chi connectivity index (χ2n) is 6.84. The molecule has 3 aromatic rings. The van der Waals surface area contributed by atoms with Crippen LogP contribution in [0.5, 0.6) is 0 Å². The van der Waals surface area contributed by atoms with Crippen molar-refractivity contribution in [1.82, 2.24) is 14.9 Å². The van der Waals surface area contributed by atoms with E-state index in [0.717, 1.165) is 42.2 Å². The third kappa shape index (κ3) is 2.94. The van der Waals surface area contributed by atoms with E-state index in [9.17, 15) is 4.79 Å². The van der Waals surface area contributed by atoms with Crippen molar-refractivity contribution < 1.29 is 4.79 Å². The Morgan fingerprint density at radius 1 is 1.08 bits per heavy atom. The maximum atomic E-state index is 11.6. The predicted molar refractivity (Wildman–Crippen MR) is 107 cm³/mol. The van der Waals surface area contributed by atoms with Gasteiger partial charge in [0, 0.05) is 44.0 Å². The number of hydrogen-bond acceptors (Lipinski definition) is 5. The summed E-state index contributed by atoms with van der Waals surface area (Å²) >= 11 is 1.66. The lowest BCUT2D eigenvalue weighted by molar-refractivity contribution is -0.129. The number of rotatable bonds is 2. The van der Waals surface area contributed by atoms with Crippen molar-refractivity contribution in [1.29, 1.82) is 0 Å². The van der Waals surface area contributed by atoms with Crippen LogP contribution in [-0.2, 0) is 4.79 Å². The Morgan fingerprint density at radius 3 is 2.54 bits per heavy atom. The van der Waals surface area contributed by atoms with E-state index in [4.69, 9.17) is 0 Å². The van der Waals surface area contributed by atoms with Crippen molar-refractivity contribution in [2.45, 2.75) is 20.8 Å². The van der Waals surface area contributed by atoms with Crippen LogP contribution in [0, 0.1) is 13.8 Å². The van der Waals surface area contributed by atoms with Crippen molar-refractivity contribution in [3.8, 4) is 11.1 Å². The highest BCUT2D eigenvalue weighted by Crippen LogP contribution is 2.39. The van der Waals surface area contributed by atoms with Crippen LogP contribution in [0.2, 0.25) is 0 Å². The highest BCUT2D eigenvalue weighted by atomic mass is 32.1. The van der Waals surface area contributed by atoms with Crippen LogP contribution in [0.3, 0.4) is 0 Å². The fourth-order valence-electron chi connectivity index (χ4n) is 3.65. The molecule has 0 saturated carbocycles. The first-order chi connectivity index (χ1) is 12.5. The molecule has 3 heterocycles. The third-order valence-electron chi connectivity index (χ3n) is 5.05. The quantitative estimate of drug-likeness (QED) is 0.695. The molecule has 0 bridgehead atoms. The minimum Gasteiger partial charge on any atom is -0.352 e. The molecule has 0 unspecified atom stereocenters. The van der Waals surface area contributed by atoms with Gasteiger partial charge < -0.3 is 9.80 Å². The molecule has 26 heavy (non-hydrogen) atoms. The third-order valence-corrected chi connectivity index (χ3v) is 5.93. The standard InChI is InChI=1S/C20H22N4OS/c1-13-4-5-16(14(2)10-13)17-11-26-20-18(17)19(21-12-22-20)24-8-6-23(7-9-24)15(3)25/h4-5,10-12H,6-9H2,1-3H3. The number of hydrogen-bond donors (Lipinski definition) is 0. The van der Waals surface area contributed by atoms with Crippen molar-refractivity contribution in [3.05, 3.63) is 41.0 Å². The Balaban J connectivity index is 1.77. The summed E-state index contributed by atoms with van der Waals surface area (Å²) in [4.78, 5) is 25.9. The summed E-state index contributed by atoms with van der Waals surface area (Å²) in [6.45, 7) is 8.98. The summed E-state index contributed by atoms with van der Waals surface area (Å²) in [5.41, 5.74) is 4.97. The number of carbonyl (C=O) groups excluding carboxylic acids is 1. The molecular weight excluding hydrogens is 344 g/mol. The molecule has 4 rings (SSSR count). The van der Waals surface area contributed by atoms with E-state index in [2.05, 4.69) is 52.3 Å². The molecule has 0 radical (unpaired) electrons. The molecule has 2 aromatic heterocycles. The number of carbonyl (C=O) groups is 1. The SMILES string of the molecule is CC(=O)N1CCN(c2ncnc3scc(-c4ccc(C)cc4C)c23)CC1. The van der Waals surface area contributed by atoms with Crippen LogP contribution in [0.1, 0.15) is 18.1 Å². The Labute approximate surface area is 157 Å². The van der Waals surface area contributed by atoms with Gasteiger partial charge in [-0.05, 0) is 25.0 Å². The molecule has 1 amide bonds. The number of benzene rings is 1. The van der Waals surface area contributed by atoms with Crippen molar-refractivity contribution in [3.63, 3.8) is 0 Å². The van der Waals surface area contributed by atoms with Crippen LogP contribution >= 0.6 is 11.3 Å². The van der Waals surface area contributed by atoms with E-state index in [0.29, 0.717) is 0 Å². The highest BCUT2D eigenvalue weighted by Gasteiger charge is 2.23. The molecule has 1 saturated heterocycles. The molecule has 0 aliphatic carbocycles. The zero-order valence-electron chi connectivity index (χ0n) is 15.3. The van der Waals surface area contributed by atoms with E-state index in [1.807, 2.05) is 4.90 Å². The summed E-state index contributed by atoms with van der Waals surface area (Å²) in [6.07, 6.45) is 1.65. The average molecular weight is 366 g/mol. The summed E-state index contributed by atoms with van der Waals surface area (Å²) in [7, 11) is 0. The van der Waals surface area contributed by atoms with Gasteiger partial charge in [-0.15, -0.1) is 11.3 Å². The molecule has 134 valence electrons. The van der Waals surface area contributed by atoms with E-state index < -0.39 is 0 Å². The minimum absolute atomic E-state index is 0.143. The average Bonchev–Trinajstić information content (AvgIpc) is 3.06. The van der Waals surface area contributed by atoms with E-state index >= 15 is 0 Å². The molecule has 5 nitrogen and oxygen atoms in total. The van der Waals surface area contributed by atoms with Crippen LogP contribution in [0.15, 0.2) is 29.9 Å². The number of aromatic nitrogens is 2. The second kappa shape index (κ2) is 6.68. The van der Waals surface area contributed by atoms with Gasteiger partial charge in [-0.1, -0.05) is 23.8 Å². The lowest BCUT2D eigenvalue weighted by Gasteiger charge is -2.35. The van der Waals surface area contributed by atoms with Gasteiger partial charge in [-0.3, -0.25) is 4.79 Å². The molecule has 1 aliphatic rings. The molecule has 1 aromatic carbocycles. The van der Waals surface area contributed by atoms with Crippen molar-refractivity contribution in [2.75, 3.05) is 31.1 Å². The van der Waals surface area contributed by atoms with E-state index in [-0.39, 0.29) is 5.91 Å². The summed E-state index contributed by atoms with van der Waals surface area (Å²) in [5.74, 6) is 1.12. The first-order valence-electron chi connectivity index (χ1n) is 8.85. The Kier molecular flexibility index (Phi) is 4.36. The van der Waals surface area contributed by atoms with Gasteiger partial charge >= 0.3 is 0 Å². The first-order valence-corrected chi connectivity index (χ1v) is 9.73. The van der Waals surface area contributed by atoms with Crippen molar-refractivity contribution in [2.24, 2.45) is 0 Å². The zero-order valence-corrected chi connectivity index (χ0v) is 16.1. The number of piperazine rings is 1. The molecule has 0 N–H and O–H groups in total. The molecule has 0 atom stereocenters. The number of anilines is 1. The van der Waals surface area contributed by atoms with Gasteiger partial charge in [0.2, 0.25) is 5.91 Å². The second-order valence-corrected chi connectivity index (χ2v) is 7.70. The maximum Gasteiger partial charge on any atom is 0.219 e. The summed E-state index contributed by atoms with van der Waals surface area (Å²) < 4.78 is 0. The largest absolute Gasteiger partial charge is 0.352 e. The maximum absolute atomic E-state index is 11.6. The summed E-state index contributed by atoms with van der Waals surface area (Å²) in [5, 5.41) is 3.31. The van der Waals surface area contributed by atoms with Crippen molar-refractivity contribution >= 4 is 33.3 Å². The lowest BCUT2D eigenvalue weighted by atomic mass is 9.99. The number of aryl methyl sites for hydroxylation is 2. The fraction of sp³-hybridized carbons (Fsp3) is 0.350. The first kappa shape index (κ1) is 17.0. The van der Waals surface area contributed by atoms with Gasteiger partial charge in [-0.25, -0.2) is 9.97 Å². The fourth-order valence-corrected chi connectivity index (χ4v) is 4.55. The van der Waals surface area contributed by atoms with Crippen LogP contribution < -0.4 is 4.90 Å². The topological polar surface area (TPSA) is 49.3 Å². The van der Waals surface area contributed by atoms with Crippen LogP contribution in [-0.4, -0.2) is 47.0 Å². The smallest absolute Gasteiger partial charge is 0.219 e. The van der Waals surface area contributed by atoms with Gasteiger partial charge in [0.1, 0.15) is 17.0 Å². The predicted octanol–water partition coefficient (Wildman–Crippen LogP) is 3.64. The normalized spacial score (nSPS) is 14.9. The number of thiophene rings is 1. The van der Waals surface area contributed by atoms with Crippen LogP contribution in [0.25, 0.3) is 21.3 Å². The molecule has 0 spiro atoms. The number of amides is 1. The van der Waals surface area contributed by atoms with Gasteiger partial charge in [0.05, 0.1) is 5.39 Å². The Hall–Kier alpha value is -2.47. The molecule has 6 heteroatoms. The molecular formula is C20H22N4OS. The van der Waals surface area contributed by atoms with Gasteiger partial charge in [-0.2, -0.15) is 0 Å². The zero-order chi connectivity index (χ0) is 18.3. The monoisotopic (exact) mass is 366 g/mol. The highest BCUT2D eigenvalue weighted by molar-refractivity contribution is 7.17. The Bertz CT molecular complexity index is 973. The Morgan fingerprint density at radius 2 is 1.85 bits per heavy atom. The van der Waals surface area contributed by atoms with Gasteiger partial charge in [0.15, 0.2) is 0 Å². The molecule has 1 fully saturated rings. The number of nitrogens with zero attached hydrogens (tertiary/aromatic N) is 4. The lowest BCUT2D eigenvalue weighted by Crippen LogP contribution is -2.48.